The molecule has 0 aliphatic rings. The molecule has 7 nitrogen and oxygen atoms in total. The number of nitrogens with one attached hydrogen (secondary N) is 1. The van der Waals surface area contributed by atoms with E-state index in [4.69, 9.17) is 10.5 Å². The van der Waals surface area contributed by atoms with Gasteiger partial charge >= 0.3 is 0 Å². The second-order valence-corrected chi connectivity index (χ2v) is 6.61. The van der Waals surface area contributed by atoms with Crippen LogP contribution in [0.2, 0.25) is 0 Å². The molecule has 4 aromatic rings. The molecule has 3 N–H and O–H groups in total. The highest BCUT2D eigenvalue weighted by molar-refractivity contribution is 6.08. The first kappa shape index (κ1) is 20.0. The van der Waals surface area contributed by atoms with Crippen LogP contribution in [0.5, 0.6) is 11.5 Å². The molecule has 0 saturated carbocycles. The van der Waals surface area contributed by atoms with Crippen LogP contribution in [0.4, 0.5) is 20.2 Å². The van der Waals surface area contributed by atoms with E-state index in [0.29, 0.717) is 11.4 Å². The lowest BCUT2D eigenvalue weighted by molar-refractivity contribution is -0.125. The Morgan fingerprint density at radius 2 is 1.84 bits per heavy atom. The molecule has 2 amide bonds. The number of rotatable bonds is 6. The summed E-state index contributed by atoms with van der Waals surface area (Å²) in [5.74, 6) is -2.27. The predicted octanol–water partition coefficient (Wildman–Crippen LogP) is 4.17. The van der Waals surface area contributed by atoms with E-state index >= 15 is 4.39 Å². The lowest BCUT2D eigenvalue weighted by Crippen LogP contribution is -2.30. The van der Waals surface area contributed by atoms with Gasteiger partial charge in [-0.25, -0.2) is 13.8 Å². The minimum absolute atomic E-state index is 0.133. The van der Waals surface area contributed by atoms with E-state index in [-0.39, 0.29) is 17.1 Å². The fourth-order valence-corrected chi connectivity index (χ4v) is 3.12. The summed E-state index contributed by atoms with van der Waals surface area (Å²) in [7, 11) is 0. The topological polar surface area (TPSA) is 101 Å². The zero-order valence-electron chi connectivity index (χ0n) is 16.0. The Hall–Kier alpha value is -4.27. The van der Waals surface area contributed by atoms with Crippen molar-refractivity contribution >= 4 is 34.2 Å². The molecule has 0 radical (unpaired) electrons. The normalized spacial score (nSPS) is 10.8. The Bertz CT molecular complexity index is 1270. The molecule has 4 rings (SSSR count). The Labute approximate surface area is 175 Å². The number of ether oxygens (including phenoxy) is 1. The fourth-order valence-electron chi connectivity index (χ4n) is 3.12. The quantitative estimate of drug-likeness (QED) is 0.455. The van der Waals surface area contributed by atoms with Crippen LogP contribution < -0.4 is 15.4 Å². The van der Waals surface area contributed by atoms with Crippen molar-refractivity contribution in [3.8, 4) is 11.5 Å². The summed E-state index contributed by atoms with van der Waals surface area (Å²) in [4.78, 5) is 32.0. The van der Waals surface area contributed by atoms with Gasteiger partial charge in [0.2, 0.25) is 11.8 Å². The molecule has 0 fully saturated rings. The van der Waals surface area contributed by atoms with Crippen molar-refractivity contribution in [3.63, 3.8) is 0 Å². The maximum Gasteiger partial charge on any atom is 0.241 e. The molecule has 0 bridgehead atoms. The molecule has 2 heterocycles. The molecule has 156 valence electrons. The predicted molar refractivity (Wildman–Crippen MR) is 110 cm³/mol. The summed E-state index contributed by atoms with van der Waals surface area (Å²) in [5, 5.41) is 0.719. The number of anilines is 2. The van der Waals surface area contributed by atoms with Crippen LogP contribution in [0.25, 0.3) is 11.0 Å². The molecule has 2 aromatic heterocycles. The summed E-state index contributed by atoms with van der Waals surface area (Å²) in [6, 6.07) is 12.2. The van der Waals surface area contributed by atoms with Gasteiger partial charge in [-0.1, -0.05) is 0 Å². The Morgan fingerprint density at radius 3 is 2.55 bits per heavy atom. The highest BCUT2D eigenvalue weighted by Gasteiger charge is 2.23. The van der Waals surface area contributed by atoms with Crippen molar-refractivity contribution in [3.05, 3.63) is 78.6 Å². The number of hydrogen-bond donors (Lipinski definition) is 2. The number of pyridine rings is 1. The molecule has 31 heavy (non-hydrogen) atoms. The number of carbonyl (C=O) groups excluding carboxylic acids is 2. The number of carbonyl (C=O) groups is 2. The Kier molecular flexibility index (Phi) is 5.31. The molecule has 0 aliphatic heterocycles. The zero-order chi connectivity index (χ0) is 22.0. The fraction of sp³-hybridized carbons (Fsp3) is 0.0455. The number of nitrogens with zero attached hydrogens (tertiary/aromatic N) is 2. The van der Waals surface area contributed by atoms with Gasteiger partial charge in [0.1, 0.15) is 29.4 Å². The number of aromatic amines is 1. The lowest BCUT2D eigenvalue weighted by atomic mass is 10.2. The summed E-state index contributed by atoms with van der Waals surface area (Å²) >= 11 is 0. The maximum atomic E-state index is 15.0. The van der Waals surface area contributed by atoms with Gasteiger partial charge in [-0.05, 0) is 48.5 Å². The third-order valence-corrected chi connectivity index (χ3v) is 4.47. The first-order valence-corrected chi connectivity index (χ1v) is 9.18. The van der Waals surface area contributed by atoms with Crippen molar-refractivity contribution in [2.24, 2.45) is 5.73 Å². The molecule has 0 unspecified atom stereocenters. The maximum absolute atomic E-state index is 15.0. The monoisotopic (exact) mass is 422 g/mol. The summed E-state index contributed by atoms with van der Waals surface area (Å²) in [6.45, 7) is 0. The van der Waals surface area contributed by atoms with E-state index in [0.717, 1.165) is 28.5 Å². The van der Waals surface area contributed by atoms with E-state index in [1.165, 1.54) is 24.3 Å². The number of primary amides is 1. The second kappa shape index (κ2) is 8.23. The molecule has 9 heteroatoms. The van der Waals surface area contributed by atoms with Gasteiger partial charge in [0.15, 0.2) is 5.82 Å². The number of H-pyrrole nitrogens is 1. The van der Waals surface area contributed by atoms with Crippen LogP contribution in [-0.2, 0) is 9.59 Å². The van der Waals surface area contributed by atoms with Crippen molar-refractivity contribution < 1.29 is 23.1 Å². The van der Waals surface area contributed by atoms with Crippen molar-refractivity contribution in [1.82, 2.24) is 9.97 Å². The number of fused-ring (bicyclic) bond motifs is 1. The molecule has 0 aliphatic carbocycles. The number of halogens is 2. The van der Waals surface area contributed by atoms with Crippen molar-refractivity contribution in [2.75, 3.05) is 4.90 Å². The average Bonchev–Trinajstić information content (AvgIpc) is 3.21. The summed E-state index contributed by atoms with van der Waals surface area (Å²) in [5.41, 5.74) is 5.80. The van der Waals surface area contributed by atoms with Crippen LogP contribution >= 0.6 is 0 Å². The van der Waals surface area contributed by atoms with Gasteiger partial charge in [0.25, 0.3) is 0 Å². The van der Waals surface area contributed by atoms with E-state index in [9.17, 15) is 14.0 Å². The average molecular weight is 422 g/mol. The van der Waals surface area contributed by atoms with Crippen LogP contribution in [0, 0.1) is 11.6 Å². The number of aromatic nitrogens is 2. The van der Waals surface area contributed by atoms with Crippen LogP contribution in [0.3, 0.4) is 0 Å². The number of amides is 2. The van der Waals surface area contributed by atoms with Gasteiger partial charge < -0.3 is 15.5 Å². The van der Waals surface area contributed by atoms with Crippen molar-refractivity contribution in [2.45, 2.75) is 6.42 Å². The van der Waals surface area contributed by atoms with E-state index in [1.54, 1.807) is 24.5 Å². The number of hydrogen-bond acceptors (Lipinski definition) is 4. The highest BCUT2D eigenvalue weighted by Crippen LogP contribution is 2.34. The van der Waals surface area contributed by atoms with Crippen LogP contribution in [0.15, 0.2) is 67.0 Å². The van der Waals surface area contributed by atoms with Crippen molar-refractivity contribution in [1.29, 1.82) is 0 Å². The Morgan fingerprint density at radius 1 is 1.06 bits per heavy atom. The first-order valence-electron chi connectivity index (χ1n) is 9.18. The van der Waals surface area contributed by atoms with E-state index in [1.807, 2.05) is 0 Å². The highest BCUT2D eigenvalue weighted by atomic mass is 19.1. The molecule has 2 aromatic carbocycles. The van der Waals surface area contributed by atoms with Crippen LogP contribution in [-0.4, -0.2) is 21.8 Å². The zero-order valence-corrected chi connectivity index (χ0v) is 16.0. The minimum Gasteiger partial charge on any atom is -0.456 e. The Balaban J connectivity index is 1.69. The second-order valence-electron chi connectivity index (χ2n) is 6.61. The molecule has 0 spiro atoms. The van der Waals surface area contributed by atoms with Gasteiger partial charge in [0, 0.05) is 24.1 Å². The SMILES string of the molecule is NC(=O)CC(=O)N(c1ccc(F)cc1)c1ccc(Oc2ccnc3[nH]ccc23)cc1F. The molecular weight excluding hydrogens is 406 g/mol. The van der Waals surface area contributed by atoms with Gasteiger partial charge in [-0.15, -0.1) is 0 Å². The minimum atomic E-state index is -0.870. The van der Waals surface area contributed by atoms with Gasteiger partial charge in [-0.3, -0.25) is 14.5 Å². The molecule has 0 saturated heterocycles. The summed E-state index contributed by atoms with van der Waals surface area (Å²) in [6.07, 6.45) is 2.62. The van der Waals surface area contributed by atoms with E-state index in [2.05, 4.69) is 9.97 Å². The summed E-state index contributed by atoms with van der Waals surface area (Å²) < 4.78 is 34.1. The molecular formula is C22H16F2N4O3. The number of benzene rings is 2. The third-order valence-electron chi connectivity index (χ3n) is 4.47. The number of nitrogens with two attached hydrogens (primary N) is 1. The van der Waals surface area contributed by atoms with Gasteiger partial charge in [0.05, 0.1) is 11.1 Å². The van der Waals surface area contributed by atoms with Gasteiger partial charge in [-0.2, -0.15) is 0 Å². The standard InChI is InChI=1S/C22H16F2N4O3/c23-13-1-3-14(4-2-13)28(21(30)12-20(25)29)18-6-5-15(11-17(18)24)31-19-8-10-27-22-16(19)7-9-26-22/h1-11H,12H2,(H2,25,29)(H,26,27). The van der Waals surface area contributed by atoms with Crippen LogP contribution in [0.1, 0.15) is 6.42 Å². The largest absolute Gasteiger partial charge is 0.456 e. The first-order chi connectivity index (χ1) is 14.9. The molecule has 0 atom stereocenters. The van der Waals surface area contributed by atoms with E-state index < -0.39 is 29.9 Å². The third kappa shape index (κ3) is 4.20. The smallest absolute Gasteiger partial charge is 0.241 e. The lowest BCUT2D eigenvalue weighted by Gasteiger charge is -2.23.